The maximum Gasteiger partial charge on any atom is 0.416 e. The van der Waals surface area contributed by atoms with E-state index in [-0.39, 0.29) is 20.8 Å². The summed E-state index contributed by atoms with van der Waals surface area (Å²) in [6.45, 7) is 0. The fraction of sp³-hybridized carbons (Fsp3) is 0.125. The number of halogens is 6. The van der Waals surface area contributed by atoms with Crippen molar-refractivity contribution in [2.24, 2.45) is 0 Å². The van der Waals surface area contributed by atoms with E-state index in [4.69, 9.17) is 16.3 Å². The fourth-order valence-electron chi connectivity index (χ4n) is 2.22. The third-order valence-corrected chi connectivity index (χ3v) is 5.87. The maximum atomic E-state index is 13.0. The van der Waals surface area contributed by atoms with E-state index in [1.165, 1.54) is 0 Å². The van der Waals surface area contributed by atoms with Crippen molar-refractivity contribution in [3.63, 3.8) is 0 Å². The number of ether oxygens (including phenoxy) is 1. The second-order valence-corrected chi connectivity index (χ2v) is 8.51. The van der Waals surface area contributed by atoms with Gasteiger partial charge < -0.3 is 4.74 Å². The van der Waals surface area contributed by atoms with Gasteiger partial charge in [0.05, 0.1) is 15.5 Å². The number of anilines is 1. The number of alkyl halides is 5. The van der Waals surface area contributed by atoms with Crippen molar-refractivity contribution < 1.29 is 35.1 Å². The molecule has 0 amide bonds. The number of rotatable bonds is 6. The summed E-state index contributed by atoms with van der Waals surface area (Å²) in [6.07, 6.45) is -6.89. The Kier molecular flexibility index (Phi) is 6.15. The normalized spacial score (nSPS) is 12.2. The van der Waals surface area contributed by atoms with Crippen LogP contribution in [0, 0.1) is 0 Å². The molecule has 3 aromatic rings. The highest BCUT2D eigenvalue weighted by atomic mass is 35.5. The third kappa shape index (κ3) is 5.15. The lowest BCUT2D eigenvalue weighted by atomic mass is 10.1. The van der Waals surface area contributed by atoms with Crippen LogP contribution in [0.25, 0.3) is 0 Å². The van der Waals surface area contributed by atoms with Crippen molar-refractivity contribution in [1.82, 2.24) is 9.36 Å². The molecule has 0 spiro atoms. The maximum absolute atomic E-state index is 13.0. The van der Waals surface area contributed by atoms with Crippen LogP contribution in [0.4, 0.5) is 27.1 Å². The van der Waals surface area contributed by atoms with E-state index in [9.17, 15) is 30.4 Å². The lowest BCUT2D eigenvalue weighted by Gasteiger charge is -2.14. The predicted molar refractivity (Wildman–Crippen MR) is 98.6 cm³/mol. The van der Waals surface area contributed by atoms with Gasteiger partial charge in [0.15, 0.2) is 0 Å². The Balaban J connectivity index is 1.90. The number of hydrogen-bond acceptors (Lipinski definition) is 6. The van der Waals surface area contributed by atoms with Gasteiger partial charge in [-0.05, 0) is 36.4 Å². The SMILES string of the molecule is O=S(=O)(Nc1ncns1)c1ccc(Oc2cc(C(F)F)cc(C(F)(F)F)c2)c(Cl)c1. The Hall–Kier alpha value is -2.51. The molecular weight excluding hydrogens is 477 g/mol. The molecule has 1 N–H and O–H groups in total. The minimum atomic E-state index is -4.87. The molecule has 0 unspecified atom stereocenters. The zero-order valence-electron chi connectivity index (χ0n) is 14.3. The molecule has 0 saturated carbocycles. The highest BCUT2D eigenvalue weighted by molar-refractivity contribution is 7.93. The second kappa shape index (κ2) is 8.32. The van der Waals surface area contributed by atoms with Crippen molar-refractivity contribution in [3.8, 4) is 11.5 Å². The average Bonchev–Trinajstić information content (AvgIpc) is 3.14. The Morgan fingerprint density at radius 3 is 2.43 bits per heavy atom. The predicted octanol–water partition coefficient (Wildman–Crippen LogP) is 5.74. The van der Waals surface area contributed by atoms with Gasteiger partial charge in [0.2, 0.25) is 5.13 Å². The van der Waals surface area contributed by atoms with Gasteiger partial charge in [-0.3, -0.25) is 4.72 Å². The standard InChI is InChI=1S/C16H9ClF5N3O3S2/c17-12-6-11(30(26,27)25-15-23-7-24-29-15)1-2-13(12)28-10-4-8(14(18)19)3-9(5-10)16(20,21)22/h1-7,14H,(H,23,24,25). The first-order valence-electron chi connectivity index (χ1n) is 7.73. The molecule has 30 heavy (non-hydrogen) atoms. The molecule has 0 bridgehead atoms. The Morgan fingerprint density at radius 2 is 1.87 bits per heavy atom. The number of sulfonamides is 1. The monoisotopic (exact) mass is 485 g/mol. The second-order valence-electron chi connectivity index (χ2n) is 5.64. The molecule has 2 aromatic carbocycles. The summed E-state index contributed by atoms with van der Waals surface area (Å²) in [4.78, 5) is 3.39. The van der Waals surface area contributed by atoms with Gasteiger partial charge in [0, 0.05) is 17.1 Å². The summed E-state index contributed by atoms with van der Waals surface area (Å²) in [5, 5.41) is -0.263. The highest BCUT2D eigenvalue weighted by Gasteiger charge is 2.32. The molecule has 0 aliphatic carbocycles. The summed E-state index contributed by atoms with van der Waals surface area (Å²) in [5.74, 6) is -0.768. The highest BCUT2D eigenvalue weighted by Crippen LogP contribution is 2.38. The van der Waals surface area contributed by atoms with E-state index in [0.717, 1.165) is 42.1 Å². The molecule has 0 fully saturated rings. The zero-order valence-corrected chi connectivity index (χ0v) is 16.7. The Labute approximate surface area is 175 Å². The molecule has 6 nitrogen and oxygen atoms in total. The number of nitrogens with zero attached hydrogens (tertiary/aromatic N) is 2. The summed E-state index contributed by atoms with van der Waals surface area (Å²) in [6, 6.07) is 4.73. The van der Waals surface area contributed by atoms with Crippen molar-refractivity contribution >= 4 is 38.3 Å². The van der Waals surface area contributed by atoms with Crippen molar-refractivity contribution in [2.75, 3.05) is 4.72 Å². The lowest BCUT2D eigenvalue weighted by Crippen LogP contribution is -2.12. The number of nitrogens with one attached hydrogen (secondary N) is 1. The molecular formula is C16H9ClF5N3O3S2. The van der Waals surface area contributed by atoms with E-state index < -0.39 is 39.5 Å². The first kappa shape index (κ1) is 22.2. The Morgan fingerprint density at radius 1 is 1.13 bits per heavy atom. The van der Waals surface area contributed by atoms with Gasteiger partial charge in [0.25, 0.3) is 16.4 Å². The van der Waals surface area contributed by atoms with Crippen LogP contribution in [0.3, 0.4) is 0 Å². The molecule has 3 rings (SSSR count). The summed E-state index contributed by atoms with van der Waals surface area (Å²) < 4.78 is 100. The average molecular weight is 486 g/mol. The van der Waals surface area contributed by atoms with Crippen LogP contribution in [-0.4, -0.2) is 17.8 Å². The van der Waals surface area contributed by atoms with Crippen LogP contribution >= 0.6 is 23.1 Å². The first-order valence-corrected chi connectivity index (χ1v) is 10.4. The van der Waals surface area contributed by atoms with E-state index in [0.29, 0.717) is 12.1 Å². The van der Waals surface area contributed by atoms with E-state index in [1.807, 2.05) is 0 Å². The quantitative estimate of drug-likeness (QED) is 0.450. The van der Waals surface area contributed by atoms with Gasteiger partial charge in [-0.1, -0.05) is 11.6 Å². The zero-order chi connectivity index (χ0) is 22.1. The van der Waals surface area contributed by atoms with Crippen LogP contribution in [0.5, 0.6) is 11.5 Å². The van der Waals surface area contributed by atoms with Crippen LogP contribution in [0.15, 0.2) is 47.6 Å². The smallest absolute Gasteiger partial charge is 0.416 e. The third-order valence-electron chi connectivity index (χ3n) is 3.53. The van der Waals surface area contributed by atoms with Crippen molar-refractivity contribution in [3.05, 3.63) is 58.9 Å². The van der Waals surface area contributed by atoms with Gasteiger partial charge >= 0.3 is 6.18 Å². The molecule has 1 aromatic heterocycles. The van der Waals surface area contributed by atoms with Gasteiger partial charge in [-0.2, -0.15) is 17.5 Å². The fourth-order valence-corrected chi connectivity index (χ4v) is 4.19. The van der Waals surface area contributed by atoms with Gasteiger partial charge in [-0.25, -0.2) is 22.2 Å². The van der Waals surface area contributed by atoms with Crippen LogP contribution < -0.4 is 9.46 Å². The number of aromatic nitrogens is 2. The minimum Gasteiger partial charge on any atom is -0.456 e. The molecule has 14 heteroatoms. The molecule has 160 valence electrons. The van der Waals surface area contributed by atoms with Crippen LogP contribution in [-0.2, 0) is 16.2 Å². The minimum absolute atomic E-state index is 0.00921. The summed E-state index contributed by atoms with van der Waals surface area (Å²) in [7, 11) is -4.07. The van der Waals surface area contributed by atoms with Crippen molar-refractivity contribution in [2.45, 2.75) is 17.5 Å². The Bertz CT molecular complexity index is 1160. The summed E-state index contributed by atoms with van der Waals surface area (Å²) >= 11 is 6.78. The molecule has 0 atom stereocenters. The van der Waals surface area contributed by atoms with E-state index in [2.05, 4.69) is 14.1 Å². The number of hydrogen-bond donors (Lipinski definition) is 1. The van der Waals surface area contributed by atoms with Gasteiger partial charge in [-0.15, -0.1) is 0 Å². The van der Waals surface area contributed by atoms with Crippen LogP contribution in [0.2, 0.25) is 5.02 Å². The van der Waals surface area contributed by atoms with Crippen LogP contribution in [0.1, 0.15) is 17.6 Å². The topological polar surface area (TPSA) is 81.2 Å². The largest absolute Gasteiger partial charge is 0.456 e. The van der Waals surface area contributed by atoms with Crippen molar-refractivity contribution in [1.29, 1.82) is 0 Å². The van der Waals surface area contributed by atoms with Gasteiger partial charge in [0.1, 0.15) is 17.8 Å². The molecule has 0 aliphatic rings. The molecule has 0 radical (unpaired) electrons. The van der Waals surface area contributed by atoms with E-state index in [1.54, 1.807) is 0 Å². The first-order chi connectivity index (χ1) is 14.0. The number of benzene rings is 2. The molecule has 1 heterocycles. The molecule has 0 aliphatic heterocycles. The molecule has 0 saturated heterocycles. The summed E-state index contributed by atoms with van der Waals surface area (Å²) in [5.41, 5.74) is -2.22. The van der Waals surface area contributed by atoms with E-state index >= 15 is 0 Å². The lowest BCUT2D eigenvalue weighted by molar-refractivity contribution is -0.137.